The van der Waals surface area contributed by atoms with Crippen LogP contribution in [-0.4, -0.2) is 22.6 Å². The third-order valence-corrected chi connectivity index (χ3v) is 4.25. The fourth-order valence-electron chi connectivity index (χ4n) is 2.97. The third-order valence-electron chi connectivity index (χ3n) is 4.25. The van der Waals surface area contributed by atoms with Crippen LogP contribution in [0.15, 0.2) is 6.07 Å². The number of hydrogen-bond donors (Lipinski definition) is 2. The van der Waals surface area contributed by atoms with Gasteiger partial charge in [-0.15, -0.1) is 0 Å². The molecule has 3 rings (SSSR count). The van der Waals surface area contributed by atoms with E-state index in [1.807, 2.05) is 0 Å². The number of hydrogen-bond acceptors (Lipinski definition) is 4. The molecule has 0 bridgehead atoms. The van der Waals surface area contributed by atoms with Crippen LogP contribution in [0.3, 0.4) is 0 Å². The zero-order chi connectivity index (χ0) is 13.8. The smallest absolute Gasteiger partial charge is 0.136 e. The zero-order valence-corrected chi connectivity index (χ0v) is 12.5. The van der Waals surface area contributed by atoms with Crippen molar-refractivity contribution in [2.45, 2.75) is 70.3 Å². The van der Waals surface area contributed by atoms with Gasteiger partial charge in [-0.05, 0) is 32.6 Å². The summed E-state index contributed by atoms with van der Waals surface area (Å²) in [6.45, 7) is 3.02. The Morgan fingerprint density at radius 2 is 1.70 bits per heavy atom. The predicted molar refractivity (Wildman–Crippen MR) is 83.3 cm³/mol. The molecule has 2 N–H and O–H groups in total. The average Bonchev–Trinajstić information content (AvgIpc) is 3.27. The zero-order valence-electron chi connectivity index (χ0n) is 12.5. The maximum absolute atomic E-state index is 4.74. The molecule has 2 fully saturated rings. The summed E-state index contributed by atoms with van der Waals surface area (Å²) >= 11 is 0. The quantitative estimate of drug-likeness (QED) is 0.799. The highest BCUT2D eigenvalue weighted by Crippen LogP contribution is 2.39. The van der Waals surface area contributed by atoms with Gasteiger partial charge in [-0.25, -0.2) is 9.97 Å². The van der Waals surface area contributed by atoms with E-state index in [-0.39, 0.29) is 0 Å². The van der Waals surface area contributed by atoms with Crippen molar-refractivity contribution in [1.82, 2.24) is 9.97 Å². The largest absolute Gasteiger partial charge is 0.370 e. The van der Waals surface area contributed by atoms with Gasteiger partial charge in [0.1, 0.15) is 17.5 Å². The minimum absolute atomic E-state index is 0.592. The fraction of sp³-hybridized carbons (Fsp3) is 0.750. The van der Waals surface area contributed by atoms with Gasteiger partial charge in [0.05, 0.1) is 0 Å². The molecular formula is C16H26N4. The highest BCUT2D eigenvalue weighted by Gasteiger charge is 2.27. The van der Waals surface area contributed by atoms with Crippen LogP contribution >= 0.6 is 0 Å². The molecule has 2 aliphatic carbocycles. The third kappa shape index (κ3) is 3.62. The first-order valence-electron chi connectivity index (χ1n) is 8.24. The van der Waals surface area contributed by atoms with Crippen molar-refractivity contribution in [3.8, 4) is 0 Å². The van der Waals surface area contributed by atoms with Crippen LogP contribution in [0.25, 0.3) is 0 Å². The molecule has 0 aliphatic heterocycles. The van der Waals surface area contributed by atoms with Crippen molar-refractivity contribution >= 4 is 11.6 Å². The van der Waals surface area contributed by atoms with Gasteiger partial charge in [-0.1, -0.05) is 25.7 Å². The van der Waals surface area contributed by atoms with E-state index < -0.39 is 0 Å². The molecule has 0 amide bonds. The van der Waals surface area contributed by atoms with E-state index in [2.05, 4.69) is 28.6 Å². The summed E-state index contributed by atoms with van der Waals surface area (Å²) in [6.07, 6.45) is 10.5. The van der Waals surface area contributed by atoms with Crippen LogP contribution in [0, 0.1) is 0 Å². The van der Waals surface area contributed by atoms with E-state index in [1.54, 1.807) is 0 Å². The number of nitrogens with one attached hydrogen (secondary N) is 2. The van der Waals surface area contributed by atoms with Gasteiger partial charge >= 0.3 is 0 Å². The first kappa shape index (κ1) is 13.7. The Morgan fingerprint density at radius 3 is 2.35 bits per heavy atom. The van der Waals surface area contributed by atoms with E-state index >= 15 is 0 Å². The summed E-state index contributed by atoms with van der Waals surface area (Å²) in [4.78, 5) is 9.37. The molecule has 2 saturated carbocycles. The van der Waals surface area contributed by atoms with E-state index in [9.17, 15) is 0 Å². The fourth-order valence-corrected chi connectivity index (χ4v) is 2.97. The molecule has 1 heterocycles. The van der Waals surface area contributed by atoms with Crippen molar-refractivity contribution in [2.75, 3.05) is 17.2 Å². The van der Waals surface area contributed by atoms with Crippen LogP contribution in [-0.2, 0) is 0 Å². The highest BCUT2D eigenvalue weighted by molar-refractivity contribution is 5.48. The monoisotopic (exact) mass is 274 g/mol. The van der Waals surface area contributed by atoms with E-state index in [0.717, 1.165) is 24.0 Å². The molecule has 4 heteroatoms. The molecule has 1 aromatic rings. The van der Waals surface area contributed by atoms with E-state index in [0.29, 0.717) is 12.0 Å². The minimum Gasteiger partial charge on any atom is -0.370 e. The second-order valence-corrected chi connectivity index (χ2v) is 6.13. The Labute approximate surface area is 121 Å². The molecule has 0 unspecified atom stereocenters. The van der Waals surface area contributed by atoms with E-state index in [4.69, 9.17) is 4.98 Å². The summed E-state index contributed by atoms with van der Waals surface area (Å²) < 4.78 is 0. The summed E-state index contributed by atoms with van der Waals surface area (Å²) in [5.74, 6) is 3.62. The normalized spacial score (nSPS) is 20.4. The number of nitrogens with zero attached hydrogens (tertiary/aromatic N) is 2. The topological polar surface area (TPSA) is 49.8 Å². The lowest BCUT2D eigenvalue weighted by Gasteiger charge is -2.18. The lowest BCUT2D eigenvalue weighted by atomic mass is 10.1. The van der Waals surface area contributed by atoms with Crippen LogP contribution in [0.2, 0.25) is 0 Å². The first-order chi connectivity index (χ1) is 9.85. The first-order valence-corrected chi connectivity index (χ1v) is 8.24. The Morgan fingerprint density at radius 1 is 1.00 bits per heavy atom. The molecular weight excluding hydrogens is 248 g/mol. The molecule has 4 nitrogen and oxygen atoms in total. The van der Waals surface area contributed by atoms with Crippen molar-refractivity contribution in [3.05, 3.63) is 11.9 Å². The van der Waals surface area contributed by atoms with Crippen LogP contribution < -0.4 is 10.6 Å². The Kier molecular flexibility index (Phi) is 4.38. The molecule has 1 aromatic heterocycles. The molecule has 2 aliphatic rings. The van der Waals surface area contributed by atoms with Gasteiger partial charge in [0.15, 0.2) is 0 Å². The standard InChI is InChI=1S/C16H26N4/c1-2-17-14-11-15(20-16(19-14)12-9-10-12)18-13-7-5-3-4-6-8-13/h11-13H,2-10H2,1H3,(H2,17,18,19,20). The van der Waals surface area contributed by atoms with Crippen molar-refractivity contribution < 1.29 is 0 Å². The van der Waals surface area contributed by atoms with Crippen molar-refractivity contribution in [1.29, 1.82) is 0 Å². The lowest BCUT2D eigenvalue weighted by Crippen LogP contribution is -2.20. The van der Waals surface area contributed by atoms with Gasteiger partial charge in [0.2, 0.25) is 0 Å². The van der Waals surface area contributed by atoms with Gasteiger partial charge in [-0.2, -0.15) is 0 Å². The summed E-state index contributed by atoms with van der Waals surface area (Å²) in [6, 6.07) is 2.66. The number of aromatic nitrogens is 2. The van der Waals surface area contributed by atoms with Crippen molar-refractivity contribution in [2.24, 2.45) is 0 Å². The SMILES string of the molecule is CCNc1cc(NC2CCCCCC2)nc(C2CC2)n1. The molecule has 0 atom stereocenters. The Hall–Kier alpha value is -1.32. The average molecular weight is 274 g/mol. The Balaban J connectivity index is 1.72. The molecule has 0 spiro atoms. The molecule has 0 aromatic carbocycles. The lowest BCUT2D eigenvalue weighted by molar-refractivity contribution is 0.617. The van der Waals surface area contributed by atoms with Gasteiger partial charge in [0.25, 0.3) is 0 Å². The summed E-state index contributed by atoms with van der Waals surface area (Å²) in [5.41, 5.74) is 0. The van der Waals surface area contributed by atoms with Crippen molar-refractivity contribution in [3.63, 3.8) is 0 Å². The van der Waals surface area contributed by atoms with Crippen LogP contribution in [0.1, 0.15) is 70.0 Å². The van der Waals surface area contributed by atoms with E-state index in [1.165, 1.54) is 51.4 Å². The summed E-state index contributed by atoms with van der Waals surface area (Å²) in [7, 11) is 0. The highest BCUT2D eigenvalue weighted by atomic mass is 15.1. The Bertz CT molecular complexity index is 434. The van der Waals surface area contributed by atoms with Gasteiger partial charge in [0, 0.05) is 24.6 Å². The maximum atomic E-state index is 4.74. The second-order valence-electron chi connectivity index (χ2n) is 6.13. The van der Waals surface area contributed by atoms with Gasteiger partial charge < -0.3 is 10.6 Å². The molecule has 0 saturated heterocycles. The maximum Gasteiger partial charge on any atom is 0.136 e. The molecule has 20 heavy (non-hydrogen) atoms. The number of rotatable bonds is 5. The molecule has 0 radical (unpaired) electrons. The molecule has 110 valence electrons. The summed E-state index contributed by atoms with van der Waals surface area (Å²) in [5, 5.41) is 6.98. The number of anilines is 2. The van der Waals surface area contributed by atoms with Crippen LogP contribution in [0.5, 0.6) is 0 Å². The van der Waals surface area contributed by atoms with Crippen LogP contribution in [0.4, 0.5) is 11.6 Å². The predicted octanol–water partition coefficient (Wildman–Crippen LogP) is 3.92. The second kappa shape index (κ2) is 6.42. The minimum atomic E-state index is 0.592. The van der Waals surface area contributed by atoms with Gasteiger partial charge in [-0.3, -0.25) is 0 Å².